The van der Waals surface area contributed by atoms with Crippen molar-refractivity contribution in [2.45, 2.75) is 25.3 Å². The molecule has 0 aliphatic carbocycles. The Balaban J connectivity index is 0.000000845. The monoisotopic (exact) mass is 238 g/mol. The van der Waals surface area contributed by atoms with Gasteiger partial charge in [0, 0.05) is 6.20 Å². The second kappa shape index (κ2) is 7.04. The molecule has 0 amide bonds. The van der Waals surface area contributed by atoms with Crippen LogP contribution in [0.25, 0.3) is 0 Å². The van der Waals surface area contributed by atoms with Crippen molar-refractivity contribution in [2.24, 2.45) is 0 Å². The molecular formula is C8H16Cl2N4. The second-order valence-corrected chi connectivity index (χ2v) is 3.22. The van der Waals surface area contributed by atoms with Crippen LogP contribution >= 0.6 is 24.8 Å². The summed E-state index contributed by atoms with van der Waals surface area (Å²) in [5.74, 6) is 0. The van der Waals surface area contributed by atoms with Crippen molar-refractivity contribution in [3.05, 3.63) is 12.4 Å². The number of hydrogen-bond donors (Lipinski definition) is 1. The fourth-order valence-electron chi connectivity index (χ4n) is 1.68. The van der Waals surface area contributed by atoms with E-state index in [1.165, 1.54) is 19.3 Å². The molecule has 4 nitrogen and oxygen atoms in total. The molecule has 0 saturated carbocycles. The van der Waals surface area contributed by atoms with Gasteiger partial charge in [0.05, 0.1) is 12.2 Å². The lowest BCUT2D eigenvalue weighted by Gasteiger charge is -2.12. The van der Waals surface area contributed by atoms with Crippen LogP contribution < -0.4 is 5.32 Å². The molecule has 82 valence electrons. The van der Waals surface area contributed by atoms with Crippen molar-refractivity contribution >= 4 is 24.8 Å². The van der Waals surface area contributed by atoms with E-state index >= 15 is 0 Å². The van der Waals surface area contributed by atoms with Crippen molar-refractivity contribution < 1.29 is 0 Å². The first-order valence-corrected chi connectivity index (χ1v) is 4.53. The predicted molar refractivity (Wildman–Crippen MR) is 60.3 cm³/mol. The van der Waals surface area contributed by atoms with Gasteiger partial charge in [-0.25, -0.2) is 4.68 Å². The second-order valence-electron chi connectivity index (χ2n) is 3.22. The predicted octanol–water partition coefficient (Wildman–Crippen LogP) is 1.44. The first-order chi connectivity index (χ1) is 5.97. The number of aromatic nitrogens is 3. The SMILES string of the molecule is Cl.Cl.c1cn(C2CCCNCC2)nn1. The van der Waals surface area contributed by atoms with Crippen LogP contribution in [0.5, 0.6) is 0 Å². The molecular weight excluding hydrogens is 223 g/mol. The highest BCUT2D eigenvalue weighted by Gasteiger charge is 2.13. The summed E-state index contributed by atoms with van der Waals surface area (Å²) < 4.78 is 1.98. The van der Waals surface area contributed by atoms with Crippen molar-refractivity contribution in [3.63, 3.8) is 0 Å². The van der Waals surface area contributed by atoms with Gasteiger partial charge in [-0.15, -0.1) is 29.9 Å². The zero-order chi connectivity index (χ0) is 8.23. The minimum atomic E-state index is 0. The quantitative estimate of drug-likeness (QED) is 0.806. The van der Waals surface area contributed by atoms with E-state index in [9.17, 15) is 0 Å². The molecule has 6 heteroatoms. The summed E-state index contributed by atoms with van der Waals surface area (Å²) in [5, 5.41) is 11.2. The van der Waals surface area contributed by atoms with E-state index in [4.69, 9.17) is 0 Å². The molecule has 1 fully saturated rings. The molecule has 14 heavy (non-hydrogen) atoms. The molecule has 1 N–H and O–H groups in total. The highest BCUT2D eigenvalue weighted by Crippen LogP contribution is 2.17. The maximum atomic E-state index is 4.02. The Morgan fingerprint density at radius 3 is 2.79 bits per heavy atom. The Morgan fingerprint density at radius 2 is 2.07 bits per heavy atom. The maximum absolute atomic E-state index is 4.02. The minimum Gasteiger partial charge on any atom is -0.317 e. The molecule has 1 aromatic rings. The van der Waals surface area contributed by atoms with Crippen molar-refractivity contribution in [1.82, 2.24) is 20.3 Å². The fraction of sp³-hybridized carbons (Fsp3) is 0.750. The Kier molecular flexibility index (Phi) is 6.87. The highest BCUT2D eigenvalue weighted by atomic mass is 35.5. The van der Waals surface area contributed by atoms with E-state index < -0.39 is 0 Å². The van der Waals surface area contributed by atoms with E-state index in [0.717, 1.165) is 13.1 Å². The van der Waals surface area contributed by atoms with Gasteiger partial charge in [-0.05, 0) is 32.4 Å². The first kappa shape index (κ1) is 13.7. The third-order valence-corrected chi connectivity index (χ3v) is 2.36. The van der Waals surface area contributed by atoms with E-state index in [1.807, 2.05) is 10.9 Å². The summed E-state index contributed by atoms with van der Waals surface area (Å²) in [5.41, 5.74) is 0. The maximum Gasteiger partial charge on any atom is 0.0693 e. The zero-order valence-electron chi connectivity index (χ0n) is 7.93. The van der Waals surface area contributed by atoms with E-state index in [-0.39, 0.29) is 24.8 Å². The van der Waals surface area contributed by atoms with Crippen LogP contribution in [0.3, 0.4) is 0 Å². The molecule has 0 bridgehead atoms. The molecule has 1 aliphatic rings. The van der Waals surface area contributed by atoms with Crippen LogP contribution in [0.15, 0.2) is 12.4 Å². The topological polar surface area (TPSA) is 42.7 Å². The Morgan fingerprint density at radius 1 is 1.21 bits per heavy atom. The molecule has 0 spiro atoms. The molecule has 1 saturated heterocycles. The van der Waals surface area contributed by atoms with Gasteiger partial charge in [0.15, 0.2) is 0 Å². The van der Waals surface area contributed by atoms with Crippen LogP contribution in [0.1, 0.15) is 25.3 Å². The molecule has 1 aliphatic heterocycles. The number of halogens is 2. The average molecular weight is 239 g/mol. The summed E-state index contributed by atoms with van der Waals surface area (Å²) in [6.07, 6.45) is 7.33. The largest absolute Gasteiger partial charge is 0.317 e. The zero-order valence-corrected chi connectivity index (χ0v) is 9.56. The van der Waals surface area contributed by atoms with Gasteiger partial charge in [0.1, 0.15) is 0 Å². The number of hydrogen-bond acceptors (Lipinski definition) is 3. The molecule has 2 heterocycles. The standard InChI is InChI=1S/C8H14N4.2ClH/c1-2-8(3-5-9-4-1)12-7-6-10-11-12;;/h6-9H,1-5H2;2*1H. The summed E-state index contributed by atoms with van der Waals surface area (Å²) in [6.45, 7) is 2.25. The normalized spacial score (nSPS) is 21.6. The van der Waals surface area contributed by atoms with Crippen molar-refractivity contribution in [3.8, 4) is 0 Å². The first-order valence-electron chi connectivity index (χ1n) is 4.53. The summed E-state index contributed by atoms with van der Waals surface area (Å²) in [4.78, 5) is 0. The smallest absolute Gasteiger partial charge is 0.0693 e. The van der Waals surface area contributed by atoms with Gasteiger partial charge < -0.3 is 5.32 Å². The lowest BCUT2D eigenvalue weighted by molar-refractivity contribution is 0.405. The Labute approximate surface area is 96.3 Å². The molecule has 1 unspecified atom stereocenters. The van der Waals surface area contributed by atoms with Crippen LogP contribution in [-0.4, -0.2) is 28.1 Å². The van der Waals surface area contributed by atoms with Crippen LogP contribution in [0.2, 0.25) is 0 Å². The summed E-state index contributed by atoms with van der Waals surface area (Å²) >= 11 is 0. The minimum absolute atomic E-state index is 0. The third-order valence-electron chi connectivity index (χ3n) is 2.36. The van der Waals surface area contributed by atoms with Gasteiger partial charge >= 0.3 is 0 Å². The van der Waals surface area contributed by atoms with E-state index in [2.05, 4.69) is 15.6 Å². The lowest BCUT2D eigenvalue weighted by atomic mass is 10.1. The van der Waals surface area contributed by atoms with Gasteiger partial charge in [-0.1, -0.05) is 5.21 Å². The van der Waals surface area contributed by atoms with Gasteiger partial charge in [-0.2, -0.15) is 0 Å². The van der Waals surface area contributed by atoms with Crippen molar-refractivity contribution in [2.75, 3.05) is 13.1 Å². The average Bonchev–Trinajstić information content (AvgIpc) is 2.48. The molecule has 0 radical (unpaired) electrons. The Bertz CT molecular complexity index is 219. The highest BCUT2D eigenvalue weighted by molar-refractivity contribution is 5.85. The molecule has 2 rings (SSSR count). The molecule has 0 aromatic carbocycles. The van der Waals surface area contributed by atoms with Gasteiger partial charge in [0.2, 0.25) is 0 Å². The van der Waals surface area contributed by atoms with E-state index in [1.54, 1.807) is 6.20 Å². The van der Waals surface area contributed by atoms with Crippen LogP contribution in [-0.2, 0) is 0 Å². The summed E-state index contributed by atoms with van der Waals surface area (Å²) in [6, 6.07) is 0.558. The van der Waals surface area contributed by atoms with Crippen molar-refractivity contribution in [1.29, 1.82) is 0 Å². The van der Waals surface area contributed by atoms with E-state index in [0.29, 0.717) is 6.04 Å². The Hall–Kier alpha value is -0.320. The molecule has 1 atom stereocenters. The summed E-state index contributed by atoms with van der Waals surface area (Å²) in [7, 11) is 0. The van der Waals surface area contributed by atoms with Gasteiger partial charge in [-0.3, -0.25) is 0 Å². The molecule has 1 aromatic heterocycles. The lowest BCUT2D eigenvalue weighted by Crippen LogP contribution is -2.15. The van der Waals surface area contributed by atoms with Crippen LogP contribution in [0.4, 0.5) is 0 Å². The fourth-order valence-corrected chi connectivity index (χ4v) is 1.68. The third kappa shape index (κ3) is 3.44. The van der Waals surface area contributed by atoms with Crippen LogP contribution in [0, 0.1) is 0 Å². The number of rotatable bonds is 1. The van der Waals surface area contributed by atoms with Gasteiger partial charge in [0.25, 0.3) is 0 Å². The number of nitrogens with zero attached hydrogens (tertiary/aromatic N) is 3. The number of nitrogens with one attached hydrogen (secondary N) is 1.